The van der Waals surface area contributed by atoms with E-state index >= 15 is 0 Å². The zero-order chi connectivity index (χ0) is 14.8. The van der Waals surface area contributed by atoms with E-state index in [9.17, 15) is 0 Å². The molecule has 0 unspecified atom stereocenters. The molecule has 3 aromatic rings. The van der Waals surface area contributed by atoms with Gasteiger partial charge in [-0.15, -0.1) is 0 Å². The fourth-order valence-electron chi connectivity index (χ4n) is 2.61. The van der Waals surface area contributed by atoms with Crippen LogP contribution >= 0.6 is 0 Å². The SMILES string of the molecule is c1ccc2nc(-c3ccc(N4CCOCC4)nc3)ncc2c1. The van der Waals surface area contributed by atoms with Crippen molar-refractivity contribution >= 4 is 16.7 Å². The van der Waals surface area contributed by atoms with Gasteiger partial charge in [-0.05, 0) is 18.2 Å². The first kappa shape index (κ1) is 13.2. The van der Waals surface area contributed by atoms with Crippen LogP contribution in [0.1, 0.15) is 0 Å². The minimum Gasteiger partial charge on any atom is -0.378 e. The molecule has 1 aliphatic heterocycles. The lowest BCUT2D eigenvalue weighted by Crippen LogP contribution is -2.36. The van der Waals surface area contributed by atoms with Gasteiger partial charge >= 0.3 is 0 Å². The summed E-state index contributed by atoms with van der Waals surface area (Å²) in [4.78, 5) is 15.8. The van der Waals surface area contributed by atoms with Crippen LogP contribution < -0.4 is 4.90 Å². The van der Waals surface area contributed by atoms with E-state index in [4.69, 9.17) is 4.74 Å². The molecule has 3 heterocycles. The summed E-state index contributed by atoms with van der Waals surface area (Å²) in [7, 11) is 0. The smallest absolute Gasteiger partial charge is 0.161 e. The predicted molar refractivity (Wildman–Crippen MR) is 85.8 cm³/mol. The molecule has 0 aliphatic carbocycles. The van der Waals surface area contributed by atoms with Crippen molar-refractivity contribution in [1.82, 2.24) is 15.0 Å². The highest BCUT2D eigenvalue weighted by molar-refractivity contribution is 5.79. The van der Waals surface area contributed by atoms with Gasteiger partial charge in [0.25, 0.3) is 0 Å². The van der Waals surface area contributed by atoms with Gasteiger partial charge in [0.1, 0.15) is 5.82 Å². The van der Waals surface area contributed by atoms with Crippen LogP contribution in [-0.2, 0) is 4.74 Å². The molecular weight excluding hydrogens is 276 g/mol. The molecule has 2 aromatic heterocycles. The van der Waals surface area contributed by atoms with Gasteiger partial charge in [0.15, 0.2) is 5.82 Å². The molecule has 0 N–H and O–H groups in total. The number of ether oxygens (including phenoxy) is 1. The van der Waals surface area contributed by atoms with Gasteiger partial charge in [-0.3, -0.25) is 0 Å². The second kappa shape index (κ2) is 5.69. The molecule has 0 bridgehead atoms. The van der Waals surface area contributed by atoms with Crippen molar-refractivity contribution in [3.63, 3.8) is 0 Å². The monoisotopic (exact) mass is 292 g/mol. The Kier molecular flexibility index (Phi) is 3.40. The number of morpholine rings is 1. The first-order valence-electron chi connectivity index (χ1n) is 7.41. The average molecular weight is 292 g/mol. The third-order valence-corrected chi connectivity index (χ3v) is 3.83. The molecule has 22 heavy (non-hydrogen) atoms. The Morgan fingerprint density at radius 3 is 2.59 bits per heavy atom. The highest BCUT2D eigenvalue weighted by Gasteiger charge is 2.12. The van der Waals surface area contributed by atoms with E-state index in [1.54, 1.807) is 0 Å². The summed E-state index contributed by atoms with van der Waals surface area (Å²) in [5, 5.41) is 1.05. The molecule has 0 saturated carbocycles. The van der Waals surface area contributed by atoms with Crippen LogP contribution in [0, 0.1) is 0 Å². The number of aromatic nitrogens is 3. The normalized spacial score (nSPS) is 15.2. The first-order chi connectivity index (χ1) is 10.9. The third-order valence-electron chi connectivity index (χ3n) is 3.83. The summed E-state index contributed by atoms with van der Waals surface area (Å²) in [6.45, 7) is 3.30. The minimum atomic E-state index is 0.708. The number of nitrogens with zero attached hydrogens (tertiary/aromatic N) is 4. The Labute approximate surface area is 128 Å². The number of fused-ring (bicyclic) bond motifs is 1. The maximum absolute atomic E-state index is 5.37. The first-order valence-corrected chi connectivity index (χ1v) is 7.41. The number of rotatable bonds is 2. The van der Waals surface area contributed by atoms with Crippen molar-refractivity contribution in [3.8, 4) is 11.4 Å². The van der Waals surface area contributed by atoms with Gasteiger partial charge in [0, 0.05) is 36.4 Å². The average Bonchev–Trinajstić information content (AvgIpc) is 2.62. The topological polar surface area (TPSA) is 51.1 Å². The Morgan fingerprint density at radius 1 is 0.909 bits per heavy atom. The maximum Gasteiger partial charge on any atom is 0.161 e. The summed E-state index contributed by atoms with van der Waals surface area (Å²) in [5.41, 5.74) is 1.88. The standard InChI is InChI=1S/C17H16N4O/c1-2-4-15-13(3-1)11-19-17(20-15)14-5-6-16(18-12-14)21-7-9-22-10-8-21/h1-6,11-12H,7-10H2. The van der Waals surface area contributed by atoms with E-state index in [0.717, 1.165) is 48.6 Å². The molecule has 110 valence electrons. The second-order valence-corrected chi connectivity index (χ2v) is 5.26. The van der Waals surface area contributed by atoms with Gasteiger partial charge in [-0.25, -0.2) is 15.0 Å². The Balaban J connectivity index is 1.63. The van der Waals surface area contributed by atoms with Gasteiger partial charge in [-0.1, -0.05) is 18.2 Å². The molecule has 5 heteroatoms. The minimum absolute atomic E-state index is 0.708. The number of anilines is 1. The third kappa shape index (κ3) is 2.51. The molecule has 4 rings (SSSR count). The molecule has 5 nitrogen and oxygen atoms in total. The molecule has 0 atom stereocenters. The molecule has 1 aromatic carbocycles. The summed E-state index contributed by atoms with van der Waals surface area (Å²) < 4.78 is 5.37. The maximum atomic E-state index is 5.37. The van der Waals surface area contributed by atoms with Crippen molar-refractivity contribution in [1.29, 1.82) is 0 Å². The number of hydrogen-bond acceptors (Lipinski definition) is 5. The predicted octanol–water partition coefficient (Wildman–Crippen LogP) is 2.53. The van der Waals surface area contributed by atoms with Crippen LogP contribution in [0.15, 0.2) is 48.8 Å². The molecule has 0 amide bonds. The van der Waals surface area contributed by atoms with Crippen LogP contribution in [0.25, 0.3) is 22.3 Å². The van der Waals surface area contributed by atoms with Crippen LogP contribution in [0.3, 0.4) is 0 Å². The summed E-state index contributed by atoms with van der Waals surface area (Å²) >= 11 is 0. The number of para-hydroxylation sites is 1. The number of pyridine rings is 1. The zero-order valence-corrected chi connectivity index (χ0v) is 12.1. The quantitative estimate of drug-likeness (QED) is 0.726. The number of benzene rings is 1. The fraction of sp³-hybridized carbons (Fsp3) is 0.235. The Bertz CT molecular complexity index is 782. The van der Waals surface area contributed by atoms with Crippen LogP contribution in [0.5, 0.6) is 0 Å². The second-order valence-electron chi connectivity index (χ2n) is 5.26. The summed E-state index contributed by atoms with van der Waals surface area (Å²) in [6, 6.07) is 12.0. The zero-order valence-electron chi connectivity index (χ0n) is 12.1. The van der Waals surface area contributed by atoms with E-state index in [1.807, 2.05) is 48.8 Å². The lowest BCUT2D eigenvalue weighted by Gasteiger charge is -2.27. The summed E-state index contributed by atoms with van der Waals surface area (Å²) in [5.74, 6) is 1.69. The molecule has 0 radical (unpaired) electrons. The van der Waals surface area contributed by atoms with Crippen LogP contribution in [0.4, 0.5) is 5.82 Å². The van der Waals surface area contributed by atoms with Gasteiger partial charge in [-0.2, -0.15) is 0 Å². The van der Waals surface area contributed by atoms with Crippen molar-refractivity contribution in [2.24, 2.45) is 0 Å². The molecule has 0 spiro atoms. The van der Waals surface area contributed by atoms with Gasteiger partial charge in [0.2, 0.25) is 0 Å². The van der Waals surface area contributed by atoms with Gasteiger partial charge in [0.05, 0.1) is 18.7 Å². The van der Waals surface area contributed by atoms with Crippen LogP contribution in [0.2, 0.25) is 0 Å². The Hall–Kier alpha value is -2.53. The molecule has 1 saturated heterocycles. The van der Waals surface area contributed by atoms with E-state index in [1.165, 1.54) is 0 Å². The molecule has 1 fully saturated rings. The molecular formula is C17H16N4O. The highest BCUT2D eigenvalue weighted by atomic mass is 16.5. The molecule has 1 aliphatic rings. The number of hydrogen-bond donors (Lipinski definition) is 0. The van der Waals surface area contributed by atoms with E-state index < -0.39 is 0 Å². The van der Waals surface area contributed by atoms with Crippen molar-refractivity contribution in [3.05, 3.63) is 48.8 Å². The fourth-order valence-corrected chi connectivity index (χ4v) is 2.61. The van der Waals surface area contributed by atoms with Crippen molar-refractivity contribution in [2.45, 2.75) is 0 Å². The van der Waals surface area contributed by atoms with E-state index in [2.05, 4.69) is 19.9 Å². The lowest BCUT2D eigenvalue weighted by atomic mass is 10.2. The van der Waals surface area contributed by atoms with Gasteiger partial charge < -0.3 is 9.64 Å². The van der Waals surface area contributed by atoms with E-state index in [0.29, 0.717) is 5.82 Å². The Morgan fingerprint density at radius 2 is 1.77 bits per heavy atom. The van der Waals surface area contributed by atoms with Crippen molar-refractivity contribution < 1.29 is 4.74 Å². The largest absolute Gasteiger partial charge is 0.378 e. The lowest BCUT2D eigenvalue weighted by molar-refractivity contribution is 0.122. The van der Waals surface area contributed by atoms with Crippen LogP contribution in [-0.4, -0.2) is 41.3 Å². The highest BCUT2D eigenvalue weighted by Crippen LogP contribution is 2.20. The van der Waals surface area contributed by atoms with E-state index in [-0.39, 0.29) is 0 Å². The van der Waals surface area contributed by atoms with Crippen molar-refractivity contribution in [2.75, 3.05) is 31.2 Å². The summed E-state index contributed by atoms with van der Waals surface area (Å²) in [6.07, 6.45) is 3.70.